The number of rotatable bonds is 3. The van der Waals surface area contributed by atoms with Gasteiger partial charge in [0.15, 0.2) is 0 Å². The second-order valence-electron chi connectivity index (χ2n) is 4.09. The topological polar surface area (TPSA) is 64.6 Å². The fourth-order valence-corrected chi connectivity index (χ4v) is 1.85. The third-order valence-electron chi connectivity index (χ3n) is 2.84. The van der Waals surface area contributed by atoms with Crippen molar-refractivity contribution in [1.29, 1.82) is 0 Å². The number of benzene rings is 1. The standard InChI is InChI=1S/C13H15NO4/c1-17-12(15)9-4-6-10(7-5-9)18-13(16)11-3-2-8-14-11/h4-7,11,14H,2-3,8H2,1H3/t11-/m0/s1. The van der Waals surface area contributed by atoms with Crippen molar-refractivity contribution < 1.29 is 19.1 Å². The predicted molar refractivity (Wildman–Crippen MR) is 64.4 cm³/mol. The second-order valence-corrected chi connectivity index (χ2v) is 4.09. The molecule has 0 unspecified atom stereocenters. The van der Waals surface area contributed by atoms with E-state index in [4.69, 9.17) is 4.74 Å². The Bertz CT molecular complexity index is 435. The minimum atomic E-state index is -0.412. The number of esters is 2. The van der Waals surface area contributed by atoms with Crippen LogP contribution in [0.4, 0.5) is 0 Å². The summed E-state index contributed by atoms with van der Waals surface area (Å²) >= 11 is 0. The van der Waals surface area contributed by atoms with Gasteiger partial charge in [0.05, 0.1) is 12.7 Å². The van der Waals surface area contributed by atoms with Crippen molar-refractivity contribution in [1.82, 2.24) is 5.32 Å². The minimum Gasteiger partial charge on any atom is -0.465 e. The summed E-state index contributed by atoms with van der Waals surface area (Å²) in [7, 11) is 1.32. The Morgan fingerprint density at radius 1 is 1.28 bits per heavy atom. The zero-order valence-corrected chi connectivity index (χ0v) is 10.1. The first kappa shape index (κ1) is 12.6. The number of ether oxygens (including phenoxy) is 2. The molecule has 0 radical (unpaired) electrons. The third-order valence-corrected chi connectivity index (χ3v) is 2.84. The van der Waals surface area contributed by atoms with Crippen LogP contribution in [0.25, 0.3) is 0 Å². The molecule has 0 spiro atoms. The molecule has 1 saturated heterocycles. The number of carbonyl (C=O) groups is 2. The molecule has 0 aromatic heterocycles. The first-order chi connectivity index (χ1) is 8.70. The second kappa shape index (κ2) is 5.64. The largest absolute Gasteiger partial charge is 0.465 e. The van der Waals surface area contributed by atoms with Gasteiger partial charge in [0, 0.05) is 0 Å². The van der Waals surface area contributed by atoms with E-state index in [1.165, 1.54) is 7.11 Å². The third kappa shape index (κ3) is 2.87. The Kier molecular flexibility index (Phi) is 3.94. The summed E-state index contributed by atoms with van der Waals surface area (Å²) in [6.45, 7) is 0.848. The van der Waals surface area contributed by atoms with Crippen LogP contribution in [0.15, 0.2) is 24.3 Å². The molecule has 96 valence electrons. The van der Waals surface area contributed by atoms with Gasteiger partial charge >= 0.3 is 11.9 Å². The normalized spacial score (nSPS) is 18.4. The van der Waals surface area contributed by atoms with Gasteiger partial charge in [-0.2, -0.15) is 0 Å². The van der Waals surface area contributed by atoms with E-state index in [1.807, 2.05) is 0 Å². The highest BCUT2D eigenvalue weighted by Crippen LogP contribution is 2.15. The maximum atomic E-state index is 11.7. The average Bonchev–Trinajstić information content (AvgIpc) is 2.92. The van der Waals surface area contributed by atoms with Crippen LogP contribution in [0, 0.1) is 0 Å². The van der Waals surface area contributed by atoms with Crippen molar-refractivity contribution in [2.24, 2.45) is 0 Å². The van der Waals surface area contributed by atoms with Gasteiger partial charge < -0.3 is 14.8 Å². The molecule has 1 fully saturated rings. The average molecular weight is 249 g/mol. The van der Waals surface area contributed by atoms with Gasteiger partial charge in [-0.05, 0) is 43.7 Å². The van der Waals surface area contributed by atoms with Crippen molar-refractivity contribution in [3.63, 3.8) is 0 Å². The Hall–Kier alpha value is -1.88. The molecule has 1 aliphatic heterocycles. The lowest BCUT2D eigenvalue weighted by atomic mass is 10.2. The lowest BCUT2D eigenvalue weighted by molar-refractivity contribution is -0.136. The van der Waals surface area contributed by atoms with Crippen molar-refractivity contribution in [2.75, 3.05) is 13.7 Å². The van der Waals surface area contributed by atoms with Crippen LogP contribution in [0.5, 0.6) is 5.75 Å². The first-order valence-electron chi connectivity index (χ1n) is 5.84. The van der Waals surface area contributed by atoms with Gasteiger partial charge in [-0.25, -0.2) is 9.59 Å². The molecule has 0 aliphatic carbocycles. The molecule has 5 nitrogen and oxygen atoms in total. The molecule has 5 heteroatoms. The molecule has 1 aromatic carbocycles. The molecule has 0 bridgehead atoms. The van der Waals surface area contributed by atoms with E-state index >= 15 is 0 Å². The number of nitrogens with one attached hydrogen (secondary N) is 1. The number of methoxy groups -OCH3 is 1. The smallest absolute Gasteiger partial charge is 0.337 e. The lowest BCUT2D eigenvalue weighted by Crippen LogP contribution is -2.34. The number of carbonyl (C=O) groups excluding carboxylic acids is 2. The van der Waals surface area contributed by atoms with Gasteiger partial charge in [0.1, 0.15) is 11.8 Å². The summed E-state index contributed by atoms with van der Waals surface area (Å²) in [5.41, 5.74) is 0.427. The van der Waals surface area contributed by atoms with Crippen molar-refractivity contribution in [2.45, 2.75) is 18.9 Å². The van der Waals surface area contributed by atoms with E-state index in [2.05, 4.69) is 10.1 Å². The molecule has 0 saturated carbocycles. The van der Waals surface area contributed by atoms with Crippen molar-refractivity contribution in [3.05, 3.63) is 29.8 Å². The highest BCUT2D eigenvalue weighted by Gasteiger charge is 2.23. The van der Waals surface area contributed by atoms with Gasteiger partial charge in [-0.1, -0.05) is 0 Å². The van der Waals surface area contributed by atoms with Crippen LogP contribution >= 0.6 is 0 Å². The molecule has 1 aromatic rings. The zero-order chi connectivity index (χ0) is 13.0. The van der Waals surface area contributed by atoms with Crippen molar-refractivity contribution in [3.8, 4) is 5.75 Å². The summed E-state index contributed by atoms with van der Waals surface area (Å²) in [4.78, 5) is 22.9. The van der Waals surface area contributed by atoms with Gasteiger partial charge in [0.2, 0.25) is 0 Å². The van der Waals surface area contributed by atoms with E-state index in [0.717, 1.165) is 19.4 Å². The predicted octanol–water partition coefficient (Wildman–Crippen LogP) is 1.13. The monoisotopic (exact) mass is 249 g/mol. The van der Waals surface area contributed by atoms with Gasteiger partial charge in [-0.3, -0.25) is 0 Å². The number of hydrogen-bond donors (Lipinski definition) is 1. The molecule has 1 aliphatic rings. The van der Waals surface area contributed by atoms with E-state index in [0.29, 0.717) is 11.3 Å². The molecule has 18 heavy (non-hydrogen) atoms. The lowest BCUT2D eigenvalue weighted by Gasteiger charge is -2.10. The first-order valence-corrected chi connectivity index (χ1v) is 5.84. The van der Waals surface area contributed by atoms with Crippen LogP contribution in [-0.2, 0) is 9.53 Å². The van der Waals surface area contributed by atoms with Crippen molar-refractivity contribution >= 4 is 11.9 Å². The molecular formula is C13H15NO4. The van der Waals surface area contributed by atoms with E-state index in [-0.39, 0.29) is 12.0 Å². The molecule has 2 rings (SSSR count). The quantitative estimate of drug-likeness (QED) is 0.642. The Balaban J connectivity index is 1.97. The van der Waals surface area contributed by atoms with Crippen LogP contribution in [0.2, 0.25) is 0 Å². The van der Waals surface area contributed by atoms with Crippen LogP contribution in [0.1, 0.15) is 23.2 Å². The Morgan fingerprint density at radius 3 is 2.56 bits per heavy atom. The van der Waals surface area contributed by atoms with E-state index < -0.39 is 5.97 Å². The Morgan fingerprint density at radius 2 is 2.00 bits per heavy atom. The molecule has 1 atom stereocenters. The van der Waals surface area contributed by atoms with Gasteiger partial charge in [0.25, 0.3) is 0 Å². The summed E-state index contributed by atoms with van der Waals surface area (Å²) in [5, 5.41) is 3.07. The highest BCUT2D eigenvalue weighted by atomic mass is 16.5. The van der Waals surface area contributed by atoms with Crippen LogP contribution in [0.3, 0.4) is 0 Å². The zero-order valence-electron chi connectivity index (χ0n) is 10.1. The summed E-state index contributed by atoms with van der Waals surface area (Å²) in [6, 6.07) is 6.08. The molecular weight excluding hydrogens is 234 g/mol. The maximum Gasteiger partial charge on any atom is 0.337 e. The van der Waals surface area contributed by atoms with Crippen LogP contribution in [-0.4, -0.2) is 31.6 Å². The Labute approximate surface area is 105 Å². The molecule has 1 N–H and O–H groups in total. The summed E-state index contributed by atoms with van der Waals surface area (Å²) in [5.74, 6) is -0.259. The van der Waals surface area contributed by atoms with E-state index in [9.17, 15) is 9.59 Å². The fraction of sp³-hybridized carbons (Fsp3) is 0.385. The van der Waals surface area contributed by atoms with Gasteiger partial charge in [-0.15, -0.1) is 0 Å². The summed E-state index contributed by atoms with van der Waals surface area (Å²) < 4.78 is 9.79. The minimum absolute atomic E-state index is 0.217. The highest BCUT2D eigenvalue weighted by molar-refractivity contribution is 5.89. The molecule has 1 heterocycles. The number of hydrogen-bond acceptors (Lipinski definition) is 5. The fourth-order valence-electron chi connectivity index (χ4n) is 1.85. The SMILES string of the molecule is COC(=O)c1ccc(OC(=O)[C@@H]2CCCN2)cc1. The maximum absolute atomic E-state index is 11.7. The van der Waals surface area contributed by atoms with E-state index in [1.54, 1.807) is 24.3 Å². The summed E-state index contributed by atoms with van der Waals surface area (Å²) in [6.07, 6.45) is 1.79. The van der Waals surface area contributed by atoms with Crippen LogP contribution < -0.4 is 10.1 Å². The molecule has 0 amide bonds.